The molecule has 0 radical (unpaired) electrons. The normalized spacial score (nSPS) is 10.2. The van der Waals surface area contributed by atoms with Gasteiger partial charge in [-0.05, 0) is 45.8 Å². The van der Waals surface area contributed by atoms with Gasteiger partial charge in [-0.15, -0.1) is 0 Å². The number of anilines is 1. The molecular formula is C15H15N. The SMILES string of the molecule is C.Nc1ccc2cc3ccccc3cc2c1. The number of hydrogen-bond donors (Lipinski definition) is 1. The van der Waals surface area contributed by atoms with Crippen LogP contribution in [0.25, 0.3) is 21.5 Å². The first-order chi connectivity index (χ1) is 7.33. The van der Waals surface area contributed by atoms with Crippen molar-refractivity contribution in [2.24, 2.45) is 0 Å². The minimum atomic E-state index is 0. The maximum Gasteiger partial charge on any atom is 0.0320 e. The van der Waals surface area contributed by atoms with E-state index in [9.17, 15) is 0 Å². The van der Waals surface area contributed by atoms with Crippen molar-refractivity contribution in [1.82, 2.24) is 0 Å². The van der Waals surface area contributed by atoms with Crippen molar-refractivity contribution in [2.75, 3.05) is 5.73 Å². The van der Waals surface area contributed by atoms with Crippen LogP contribution in [0.1, 0.15) is 7.43 Å². The quantitative estimate of drug-likeness (QED) is 0.435. The summed E-state index contributed by atoms with van der Waals surface area (Å²) in [5.41, 5.74) is 6.59. The number of nitrogens with two attached hydrogens (primary N) is 1. The van der Waals surface area contributed by atoms with Gasteiger partial charge in [-0.1, -0.05) is 37.8 Å². The Bertz CT molecular complexity index is 641. The lowest BCUT2D eigenvalue weighted by Gasteiger charge is -2.02. The van der Waals surface area contributed by atoms with Crippen LogP contribution in [-0.4, -0.2) is 0 Å². The molecule has 2 N–H and O–H groups in total. The molecule has 0 atom stereocenters. The van der Waals surface area contributed by atoms with E-state index in [1.54, 1.807) is 0 Å². The standard InChI is InChI=1S/C14H11N.CH4/c15-14-6-5-12-7-10-3-1-2-4-11(10)8-13(12)9-14;/h1-9H,15H2;1H4. The Labute approximate surface area is 95.5 Å². The van der Waals surface area contributed by atoms with Crippen LogP contribution in [0.5, 0.6) is 0 Å². The van der Waals surface area contributed by atoms with E-state index in [4.69, 9.17) is 5.73 Å². The Hall–Kier alpha value is -2.02. The van der Waals surface area contributed by atoms with Gasteiger partial charge in [0.15, 0.2) is 0 Å². The zero-order valence-corrected chi connectivity index (χ0v) is 8.27. The summed E-state index contributed by atoms with van der Waals surface area (Å²) in [5.74, 6) is 0. The smallest absolute Gasteiger partial charge is 0.0320 e. The Balaban J connectivity index is 0.000000963. The summed E-state index contributed by atoms with van der Waals surface area (Å²) < 4.78 is 0. The molecule has 1 heteroatoms. The Morgan fingerprint density at radius 3 is 1.88 bits per heavy atom. The lowest BCUT2D eigenvalue weighted by atomic mass is 10.0. The summed E-state index contributed by atoms with van der Waals surface area (Å²) in [5, 5.41) is 4.97. The van der Waals surface area contributed by atoms with E-state index in [-0.39, 0.29) is 7.43 Å². The molecule has 80 valence electrons. The van der Waals surface area contributed by atoms with Crippen molar-refractivity contribution in [3.8, 4) is 0 Å². The first-order valence-electron chi connectivity index (χ1n) is 5.01. The summed E-state index contributed by atoms with van der Waals surface area (Å²) in [6.45, 7) is 0. The molecule has 0 fully saturated rings. The minimum Gasteiger partial charge on any atom is -0.399 e. The Morgan fingerprint density at radius 1 is 0.625 bits per heavy atom. The van der Waals surface area contributed by atoms with E-state index < -0.39 is 0 Å². The second-order valence-corrected chi connectivity index (χ2v) is 3.81. The largest absolute Gasteiger partial charge is 0.399 e. The van der Waals surface area contributed by atoms with Gasteiger partial charge in [-0.3, -0.25) is 0 Å². The lowest BCUT2D eigenvalue weighted by molar-refractivity contribution is 1.74. The monoisotopic (exact) mass is 209 g/mol. The molecule has 1 nitrogen and oxygen atoms in total. The molecule has 0 aliphatic carbocycles. The fourth-order valence-electron chi connectivity index (χ4n) is 1.96. The predicted octanol–water partition coefficient (Wildman–Crippen LogP) is 4.21. The summed E-state index contributed by atoms with van der Waals surface area (Å²) in [6.07, 6.45) is 0. The summed E-state index contributed by atoms with van der Waals surface area (Å²) >= 11 is 0. The van der Waals surface area contributed by atoms with Crippen LogP contribution in [0.3, 0.4) is 0 Å². The molecule has 0 heterocycles. The van der Waals surface area contributed by atoms with Crippen molar-refractivity contribution in [3.05, 3.63) is 54.6 Å². The second-order valence-electron chi connectivity index (χ2n) is 3.81. The van der Waals surface area contributed by atoms with Gasteiger partial charge in [-0.25, -0.2) is 0 Å². The molecule has 3 aromatic carbocycles. The Kier molecular flexibility index (Phi) is 2.53. The van der Waals surface area contributed by atoms with Crippen molar-refractivity contribution < 1.29 is 0 Å². The van der Waals surface area contributed by atoms with Crippen LogP contribution in [0.15, 0.2) is 54.6 Å². The molecule has 16 heavy (non-hydrogen) atoms. The number of hydrogen-bond acceptors (Lipinski definition) is 1. The molecule has 0 aliphatic heterocycles. The highest BCUT2D eigenvalue weighted by Crippen LogP contribution is 2.24. The van der Waals surface area contributed by atoms with Crippen molar-refractivity contribution in [1.29, 1.82) is 0 Å². The maximum absolute atomic E-state index is 5.77. The van der Waals surface area contributed by atoms with E-state index in [1.165, 1.54) is 21.5 Å². The van der Waals surface area contributed by atoms with Crippen LogP contribution in [0.4, 0.5) is 5.69 Å². The van der Waals surface area contributed by atoms with E-state index in [0.717, 1.165) is 5.69 Å². The van der Waals surface area contributed by atoms with Gasteiger partial charge in [0.1, 0.15) is 0 Å². The zero-order valence-electron chi connectivity index (χ0n) is 8.27. The van der Waals surface area contributed by atoms with Crippen LogP contribution in [0.2, 0.25) is 0 Å². The first-order valence-corrected chi connectivity index (χ1v) is 5.01. The molecule has 0 saturated heterocycles. The highest BCUT2D eigenvalue weighted by atomic mass is 14.5. The molecule has 0 aromatic heterocycles. The minimum absolute atomic E-state index is 0. The fourth-order valence-corrected chi connectivity index (χ4v) is 1.96. The second kappa shape index (κ2) is 3.86. The molecule has 0 bridgehead atoms. The van der Waals surface area contributed by atoms with Gasteiger partial charge < -0.3 is 5.73 Å². The van der Waals surface area contributed by atoms with E-state index in [1.807, 2.05) is 12.1 Å². The zero-order chi connectivity index (χ0) is 10.3. The average molecular weight is 209 g/mol. The van der Waals surface area contributed by atoms with Crippen molar-refractivity contribution in [2.45, 2.75) is 7.43 Å². The van der Waals surface area contributed by atoms with E-state index in [0.29, 0.717) is 0 Å². The third-order valence-electron chi connectivity index (χ3n) is 2.73. The summed E-state index contributed by atoms with van der Waals surface area (Å²) in [7, 11) is 0. The van der Waals surface area contributed by atoms with Crippen LogP contribution >= 0.6 is 0 Å². The van der Waals surface area contributed by atoms with Crippen LogP contribution in [0, 0.1) is 0 Å². The average Bonchev–Trinajstić information content (AvgIpc) is 2.26. The Morgan fingerprint density at radius 2 is 1.19 bits per heavy atom. The topological polar surface area (TPSA) is 26.0 Å². The van der Waals surface area contributed by atoms with Crippen LogP contribution in [-0.2, 0) is 0 Å². The summed E-state index contributed by atoms with van der Waals surface area (Å²) in [4.78, 5) is 0. The molecule has 0 unspecified atom stereocenters. The molecule has 0 saturated carbocycles. The fraction of sp³-hybridized carbons (Fsp3) is 0.0667. The molecule has 3 aromatic rings. The van der Waals surface area contributed by atoms with Crippen LogP contribution < -0.4 is 5.73 Å². The number of rotatable bonds is 0. The van der Waals surface area contributed by atoms with Gasteiger partial charge in [0.05, 0.1) is 0 Å². The highest BCUT2D eigenvalue weighted by Gasteiger charge is 1.97. The van der Waals surface area contributed by atoms with Gasteiger partial charge in [-0.2, -0.15) is 0 Å². The molecular weight excluding hydrogens is 194 g/mol. The third-order valence-corrected chi connectivity index (χ3v) is 2.73. The van der Waals surface area contributed by atoms with E-state index in [2.05, 4.69) is 42.5 Å². The van der Waals surface area contributed by atoms with Gasteiger partial charge in [0.25, 0.3) is 0 Å². The lowest BCUT2D eigenvalue weighted by Crippen LogP contribution is -1.83. The number of fused-ring (bicyclic) bond motifs is 2. The van der Waals surface area contributed by atoms with E-state index >= 15 is 0 Å². The number of benzene rings is 3. The van der Waals surface area contributed by atoms with Gasteiger partial charge in [0, 0.05) is 5.69 Å². The molecule has 0 spiro atoms. The maximum atomic E-state index is 5.77. The van der Waals surface area contributed by atoms with Crippen molar-refractivity contribution in [3.63, 3.8) is 0 Å². The summed E-state index contributed by atoms with van der Waals surface area (Å²) in [6, 6.07) is 18.8. The predicted molar refractivity (Wildman–Crippen MR) is 72.6 cm³/mol. The number of nitrogen functional groups attached to an aromatic ring is 1. The molecule has 3 rings (SSSR count). The van der Waals surface area contributed by atoms with Crippen molar-refractivity contribution >= 4 is 27.2 Å². The first kappa shape index (κ1) is 10.5. The highest BCUT2D eigenvalue weighted by molar-refractivity contribution is 5.99. The van der Waals surface area contributed by atoms with Gasteiger partial charge in [0.2, 0.25) is 0 Å². The third kappa shape index (κ3) is 1.61. The van der Waals surface area contributed by atoms with Gasteiger partial charge >= 0.3 is 0 Å². The molecule has 0 amide bonds. The molecule has 0 aliphatic rings.